The van der Waals surface area contributed by atoms with E-state index in [1.54, 1.807) is 24.3 Å². The molecule has 6 heteroatoms. The molecule has 0 aliphatic heterocycles. The van der Waals surface area contributed by atoms with Crippen LogP contribution in [0.15, 0.2) is 45.8 Å². The van der Waals surface area contributed by atoms with Crippen LogP contribution in [0.25, 0.3) is 22.1 Å². The molecule has 0 saturated heterocycles. The van der Waals surface area contributed by atoms with Crippen LogP contribution in [0.2, 0.25) is 0 Å². The first-order chi connectivity index (χ1) is 11.6. The number of aliphatic hydroxyl groups excluding tert-OH is 1. The van der Waals surface area contributed by atoms with Gasteiger partial charge in [-0.3, -0.25) is 4.79 Å². The van der Waals surface area contributed by atoms with Crippen molar-refractivity contribution in [2.45, 2.75) is 6.61 Å². The molecule has 1 aromatic heterocycles. The molecule has 24 heavy (non-hydrogen) atoms. The minimum absolute atomic E-state index is 0.0109. The van der Waals surface area contributed by atoms with Gasteiger partial charge >= 0.3 is 0 Å². The Morgan fingerprint density at radius 3 is 2.46 bits per heavy atom. The maximum atomic E-state index is 12.9. The summed E-state index contributed by atoms with van der Waals surface area (Å²) < 4.78 is 15.9. The van der Waals surface area contributed by atoms with E-state index in [1.807, 2.05) is 0 Å². The van der Waals surface area contributed by atoms with Crippen molar-refractivity contribution in [1.82, 2.24) is 0 Å². The molecule has 0 fully saturated rings. The molecule has 1 heterocycles. The molecule has 2 N–H and O–H groups in total. The number of benzene rings is 2. The maximum absolute atomic E-state index is 12.9. The molecular weight excluding hydrogens is 312 g/mol. The molecule has 0 aliphatic rings. The Hall–Kier alpha value is -2.99. The molecule has 124 valence electrons. The van der Waals surface area contributed by atoms with Crippen LogP contribution in [0.1, 0.15) is 5.56 Å². The lowest BCUT2D eigenvalue weighted by molar-refractivity contribution is 0.267. The Morgan fingerprint density at radius 1 is 1.08 bits per heavy atom. The standard InChI is InChI=1S/C18H16O6/c1-22-13-6-4-3-5-10(13)12-9-24-15-7-14(23-2)11(8-19)17(20)16(15)18(12)21/h3-7,9,19-20H,8H2,1-2H3. The van der Waals surface area contributed by atoms with Gasteiger partial charge in [0.15, 0.2) is 0 Å². The fraction of sp³-hybridized carbons (Fsp3) is 0.167. The van der Waals surface area contributed by atoms with Gasteiger partial charge in [0.05, 0.1) is 32.0 Å². The second kappa shape index (κ2) is 6.25. The predicted octanol–water partition coefficient (Wildman–Crippen LogP) is 2.68. The molecule has 0 spiro atoms. The average molecular weight is 328 g/mol. The molecule has 0 radical (unpaired) electrons. The quantitative estimate of drug-likeness (QED) is 0.765. The molecule has 3 rings (SSSR count). The summed E-state index contributed by atoms with van der Waals surface area (Å²) in [6, 6.07) is 8.48. The van der Waals surface area contributed by atoms with Crippen LogP contribution in [0, 0.1) is 0 Å². The van der Waals surface area contributed by atoms with Crippen molar-refractivity contribution in [2.24, 2.45) is 0 Å². The molecule has 0 bridgehead atoms. The lowest BCUT2D eigenvalue weighted by Crippen LogP contribution is -2.07. The number of methoxy groups -OCH3 is 2. The highest BCUT2D eigenvalue weighted by Gasteiger charge is 2.20. The fourth-order valence-corrected chi connectivity index (χ4v) is 2.67. The van der Waals surface area contributed by atoms with E-state index in [9.17, 15) is 15.0 Å². The van der Waals surface area contributed by atoms with Gasteiger partial charge in [0.2, 0.25) is 5.43 Å². The summed E-state index contributed by atoms with van der Waals surface area (Å²) in [5.41, 5.74) is 0.691. The number of rotatable bonds is 4. The SMILES string of the molecule is COc1ccccc1-c1coc2cc(OC)c(CO)c(O)c2c1=O. The summed E-state index contributed by atoms with van der Waals surface area (Å²) in [5, 5.41) is 19.9. The average Bonchev–Trinajstić information content (AvgIpc) is 2.61. The van der Waals surface area contributed by atoms with E-state index in [0.29, 0.717) is 11.3 Å². The number of hydrogen-bond acceptors (Lipinski definition) is 6. The van der Waals surface area contributed by atoms with Gasteiger partial charge in [0.25, 0.3) is 0 Å². The smallest absolute Gasteiger partial charge is 0.204 e. The highest BCUT2D eigenvalue weighted by Crippen LogP contribution is 2.36. The van der Waals surface area contributed by atoms with Crippen LogP contribution in [-0.2, 0) is 6.61 Å². The van der Waals surface area contributed by atoms with E-state index in [2.05, 4.69) is 0 Å². The minimum Gasteiger partial charge on any atom is -0.507 e. The van der Waals surface area contributed by atoms with Crippen molar-refractivity contribution in [3.63, 3.8) is 0 Å². The number of para-hydroxylation sites is 1. The van der Waals surface area contributed by atoms with E-state index in [4.69, 9.17) is 13.9 Å². The van der Waals surface area contributed by atoms with E-state index in [-0.39, 0.29) is 33.6 Å². The van der Waals surface area contributed by atoms with Crippen molar-refractivity contribution < 1.29 is 24.1 Å². The third kappa shape index (κ3) is 2.37. The van der Waals surface area contributed by atoms with Gasteiger partial charge in [0, 0.05) is 11.6 Å². The third-order valence-corrected chi connectivity index (χ3v) is 3.88. The second-order valence-corrected chi connectivity index (χ2v) is 5.12. The lowest BCUT2D eigenvalue weighted by atomic mass is 10.0. The first kappa shape index (κ1) is 15.9. The summed E-state index contributed by atoms with van der Waals surface area (Å²) in [6.45, 7) is -0.469. The predicted molar refractivity (Wildman–Crippen MR) is 88.6 cm³/mol. The molecule has 0 unspecified atom stereocenters. The van der Waals surface area contributed by atoms with Crippen molar-refractivity contribution in [3.05, 3.63) is 52.4 Å². The lowest BCUT2D eigenvalue weighted by Gasteiger charge is -2.12. The van der Waals surface area contributed by atoms with Crippen LogP contribution >= 0.6 is 0 Å². The molecular formula is C18H16O6. The van der Waals surface area contributed by atoms with E-state index < -0.39 is 12.0 Å². The molecule has 0 amide bonds. The number of aromatic hydroxyl groups is 1. The molecule has 3 aromatic rings. The van der Waals surface area contributed by atoms with Crippen molar-refractivity contribution in [1.29, 1.82) is 0 Å². The monoisotopic (exact) mass is 328 g/mol. The summed E-state index contributed by atoms with van der Waals surface area (Å²) >= 11 is 0. The highest BCUT2D eigenvalue weighted by molar-refractivity contribution is 5.90. The molecule has 0 atom stereocenters. The van der Waals surface area contributed by atoms with Crippen molar-refractivity contribution >= 4 is 11.0 Å². The topological polar surface area (TPSA) is 89.1 Å². The van der Waals surface area contributed by atoms with Crippen molar-refractivity contribution in [2.75, 3.05) is 14.2 Å². The maximum Gasteiger partial charge on any atom is 0.204 e. The number of ether oxygens (including phenoxy) is 2. The Labute approximate surface area is 137 Å². The van der Waals surface area contributed by atoms with Gasteiger partial charge in [-0.25, -0.2) is 0 Å². The molecule has 0 saturated carbocycles. The first-order valence-electron chi connectivity index (χ1n) is 7.21. The van der Waals surface area contributed by atoms with Crippen molar-refractivity contribution in [3.8, 4) is 28.4 Å². The largest absolute Gasteiger partial charge is 0.507 e. The molecule has 0 aliphatic carbocycles. The van der Waals surface area contributed by atoms with E-state index >= 15 is 0 Å². The normalized spacial score (nSPS) is 10.8. The summed E-state index contributed by atoms with van der Waals surface area (Å²) in [4.78, 5) is 12.9. The number of phenols is 1. The van der Waals surface area contributed by atoms with Gasteiger partial charge in [-0.1, -0.05) is 18.2 Å². The Bertz CT molecular complexity index is 958. The Balaban J connectivity index is 2.36. The fourth-order valence-electron chi connectivity index (χ4n) is 2.67. The van der Waals surface area contributed by atoms with Gasteiger partial charge in [-0.05, 0) is 6.07 Å². The zero-order valence-corrected chi connectivity index (χ0v) is 13.2. The van der Waals surface area contributed by atoms with Crippen LogP contribution in [0.3, 0.4) is 0 Å². The Morgan fingerprint density at radius 2 is 1.79 bits per heavy atom. The minimum atomic E-state index is -0.469. The van der Waals surface area contributed by atoms with E-state index in [0.717, 1.165) is 0 Å². The summed E-state index contributed by atoms with van der Waals surface area (Å²) in [5.74, 6) is 0.410. The van der Waals surface area contributed by atoms with Gasteiger partial charge in [0.1, 0.15) is 34.5 Å². The molecule has 2 aromatic carbocycles. The summed E-state index contributed by atoms with van der Waals surface area (Å²) in [6.07, 6.45) is 1.32. The molecule has 6 nitrogen and oxygen atoms in total. The number of hydrogen-bond donors (Lipinski definition) is 2. The second-order valence-electron chi connectivity index (χ2n) is 5.12. The number of fused-ring (bicyclic) bond motifs is 1. The first-order valence-corrected chi connectivity index (χ1v) is 7.21. The van der Waals surface area contributed by atoms with Gasteiger partial charge in [-0.2, -0.15) is 0 Å². The van der Waals surface area contributed by atoms with Crippen LogP contribution in [-0.4, -0.2) is 24.4 Å². The third-order valence-electron chi connectivity index (χ3n) is 3.88. The van der Waals surface area contributed by atoms with Gasteiger partial charge < -0.3 is 24.1 Å². The van der Waals surface area contributed by atoms with Crippen LogP contribution in [0.5, 0.6) is 17.2 Å². The summed E-state index contributed by atoms with van der Waals surface area (Å²) in [7, 11) is 2.91. The van der Waals surface area contributed by atoms with Crippen LogP contribution < -0.4 is 14.9 Å². The zero-order valence-electron chi connectivity index (χ0n) is 13.2. The van der Waals surface area contributed by atoms with E-state index in [1.165, 1.54) is 26.5 Å². The highest BCUT2D eigenvalue weighted by atomic mass is 16.5. The zero-order chi connectivity index (χ0) is 17.3. The van der Waals surface area contributed by atoms with Gasteiger partial charge in [-0.15, -0.1) is 0 Å². The Kier molecular flexibility index (Phi) is 4.14. The number of aliphatic hydroxyl groups is 1. The van der Waals surface area contributed by atoms with Crippen LogP contribution in [0.4, 0.5) is 0 Å².